The van der Waals surface area contributed by atoms with E-state index in [1.807, 2.05) is 35.2 Å². The minimum Gasteiger partial charge on any atom is -0.481 e. The number of amides is 1. The van der Waals surface area contributed by atoms with Gasteiger partial charge in [-0.2, -0.15) is 0 Å². The fraction of sp³-hybridized carbons (Fsp3) is 0.474. The van der Waals surface area contributed by atoms with Crippen LogP contribution in [0.3, 0.4) is 0 Å². The molecule has 6 heteroatoms. The van der Waals surface area contributed by atoms with Gasteiger partial charge in [0.05, 0.1) is 13.7 Å². The molecule has 2 aliphatic heterocycles. The van der Waals surface area contributed by atoms with Crippen molar-refractivity contribution in [1.82, 2.24) is 14.8 Å². The van der Waals surface area contributed by atoms with Crippen LogP contribution in [-0.4, -0.2) is 73.2 Å². The van der Waals surface area contributed by atoms with Gasteiger partial charge in [-0.3, -0.25) is 9.69 Å². The molecule has 0 bridgehead atoms. The predicted octanol–water partition coefficient (Wildman–Crippen LogP) is 1.79. The molecule has 0 spiro atoms. The molecule has 1 aromatic carbocycles. The SMILES string of the molecule is COc1nc(C(=O)N2CCN([C@H]3CCOC3)CC2)cc2ccccc12. The topological polar surface area (TPSA) is 54.9 Å². The smallest absolute Gasteiger partial charge is 0.272 e. The van der Waals surface area contributed by atoms with Crippen molar-refractivity contribution in [3.63, 3.8) is 0 Å². The molecule has 0 N–H and O–H groups in total. The van der Waals surface area contributed by atoms with Crippen molar-refractivity contribution in [3.8, 4) is 5.88 Å². The zero-order valence-corrected chi connectivity index (χ0v) is 14.5. The van der Waals surface area contributed by atoms with E-state index in [1.54, 1.807) is 7.11 Å². The number of methoxy groups -OCH3 is 1. The van der Waals surface area contributed by atoms with Crippen molar-refractivity contribution >= 4 is 16.7 Å². The van der Waals surface area contributed by atoms with Gasteiger partial charge in [-0.15, -0.1) is 0 Å². The molecule has 0 aliphatic carbocycles. The minimum absolute atomic E-state index is 0.0219. The number of benzene rings is 1. The van der Waals surface area contributed by atoms with Gasteiger partial charge >= 0.3 is 0 Å². The second-order valence-electron chi connectivity index (χ2n) is 6.58. The van der Waals surface area contributed by atoms with Gasteiger partial charge in [-0.1, -0.05) is 18.2 Å². The lowest BCUT2D eigenvalue weighted by molar-refractivity contribution is 0.0544. The summed E-state index contributed by atoms with van der Waals surface area (Å²) in [6, 6.07) is 10.2. The Labute approximate surface area is 147 Å². The summed E-state index contributed by atoms with van der Waals surface area (Å²) in [7, 11) is 1.59. The van der Waals surface area contributed by atoms with Crippen molar-refractivity contribution in [1.29, 1.82) is 0 Å². The van der Waals surface area contributed by atoms with Gasteiger partial charge in [-0.05, 0) is 23.9 Å². The first-order chi connectivity index (χ1) is 12.3. The van der Waals surface area contributed by atoms with Crippen molar-refractivity contribution in [2.75, 3.05) is 46.5 Å². The second-order valence-corrected chi connectivity index (χ2v) is 6.58. The number of aromatic nitrogens is 1. The molecule has 2 aromatic rings. The third-order valence-corrected chi connectivity index (χ3v) is 5.14. The Morgan fingerprint density at radius 3 is 2.76 bits per heavy atom. The second kappa shape index (κ2) is 6.98. The van der Waals surface area contributed by atoms with Crippen LogP contribution in [0, 0.1) is 0 Å². The number of hydrogen-bond donors (Lipinski definition) is 0. The molecule has 0 unspecified atom stereocenters. The van der Waals surface area contributed by atoms with Crippen LogP contribution >= 0.6 is 0 Å². The number of piperazine rings is 1. The summed E-state index contributed by atoms with van der Waals surface area (Å²) in [4.78, 5) is 21.7. The third kappa shape index (κ3) is 3.19. The average Bonchev–Trinajstić information content (AvgIpc) is 3.21. The van der Waals surface area contributed by atoms with Gasteiger partial charge in [-0.25, -0.2) is 4.98 Å². The van der Waals surface area contributed by atoms with E-state index in [-0.39, 0.29) is 5.91 Å². The van der Waals surface area contributed by atoms with Gasteiger partial charge in [0.25, 0.3) is 5.91 Å². The highest BCUT2D eigenvalue weighted by Gasteiger charge is 2.29. The van der Waals surface area contributed by atoms with E-state index >= 15 is 0 Å². The molecular weight excluding hydrogens is 318 g/mol. The van der Waals surface area contributed by atoms with E-state index < -0.39 is 0 Å². The highest BCUT2D eigenvalue weighted by atomic mass is 16.5. The van der Waals surface area contributed by atoms with E-state index in [1.165, 1.54) is 0 Å². The molecule has 132 valence electrons. The van der Waals surface area contributed by atoms with Gasteiger partial charge in [0.15, 0.2) is 0 Å². The Bertz CT molecular complexity index is 766. The Balaban J connectivity index is 1.50. The lowest BCUT2D eigenvalue weighted by atomic mass is 10.1. The van der Waals surface area contributed by atoms with Crippen molar-refractivity contribution in [2.45, 2.75) is 12.5 Å². The quantitative estimate of drug-likeness (QED) is 0.852. The molecule has 25 heavy (non-hydrogen) atoms. The van der Waals surface area contributed by atoms with Crippen LogP contribution in [0.25, 0.3) is 10.8 Å². The molecule has 2 fully saturated rings. The minimum atomic E-state index is -0.0219. The molecule has 0 radical (unpaired) electrons. The van der Waals surface area contributed by atoms with Crippen LogP contribution in [0.4, 0.5) is 0 Å². The maximum absolute atomic E-state index is 12.9. The lowest BCUT2D eigenvalue weighted by Crippen LogP contribution is -2.52. The number of ether oxygens (including phenoxy) is 2. The number of carbonyl (C=O) groups is 1. The van der Waals surface area contributed by atoms with Gasteiger partial charge in [0, 0.05) is 44.2 Å². The summed E-state index contributed by atoms with van der Waals surface area (Å²) in [6.45, 7) is 4.91. The standard InChI is InChI=1S/C19H23N3O3/c1-24-18-16-5-3-2-4-14(16)12-17(20-18)19(23)22-9-7-21(8-10-22)15-6-11-25-13-15/h2-5,12,15H,6-11,13H2,1H3/t15-/m0/s1. The van der Waals surface area contributed by atoms with Crippen LogP contribution in [-0.2, 0) is 4.74 Å². The van der Waals surface area contributed by atoms with Crippen LogP contribution in [0.1, 0.15) is 16.9 Å². The molecule has 6 nitrogen and oxygen atoms in total. The Morgan fingerprint density at radius 2 is 2.04 bits per heavy atom. The summed E-state index contributed by atoms with van der Waals surface area (Å²) >= 11 is 0. The Kier molecular flexibility index (Phi) is 4.55. The summed E-state index contributed by atoms with van der Waals surface area (Å²) in [5.41, 5.74) is 0.452. The fourth-order valence-electron chi connectivity index (χ4n) is 3.69. The third-order valence-electron chi connectivity index (χ3n) is 5.14. The van der Waals surface area contributed by atoms with Crippen molar-refractivity contribution in [2.24, 2.45) is 0 Å². The molecule has 4 rings (SSSR count). The summed E-state index contributed by atoms with van der Waals surface area (Å²) in [5, 5.41) is 1.90. The molecular formula is C19H23N3O3. The van der Waals surface area contributed by atoms with E-state index in [0.29, 0.717) is 17.6 Å². The Morgan fingerprint density at radius 1 is 1.24 bits per heavy atom. The monoisotopic (exact) mass is 341 g/mol. The van der Waals surface area contributed by atoms with Crippen LogP contribution in [0.15, 0.2) is 30.3 Å². The van der Waals surface area contributed by atoms with E-state index in [9.17, 15) is 4.79 Å². The molecule has 3 heterocycles. The summed E-state index contributed by atoms with van der Waals surface area (Å²) < 4.78 is 10.9. The van der Waals surface area contributed by atoms with E-state index in [2.05, 4.69) is 9.88 Å². The van der Waals surface area contributed by atoms with Gasteiger partial charge in [0.1, 0.15) is 5.69 Å². The molecule has 0 saturated carbocycles. The first-order valence-electron chi connectivity index (χ1n) is 8.81. The zero-order valence-electron chi connectivity index (χ0n) is 14.5. The summed E-state index contributed by atoms with van der Waals surface area (Å²) in [5.74, 6) is 0.481. The molecule has 1 amide bonds. The zero-order chi connectivity index (χ0) is 17.2. The van der Waals surface area contributed by atoms with Crippen molar-refractivity contribution < 1.29 is 14.3 Å². The highest BCUT2D eigenvalue weighted by molar-refractivity contribution is 5.98. The van der Waals surface area contributed by atoms with E-state index in [4.69, 9.17) is 9.47 Å². The van der Waals surface area contributed by atoms with Crippen LogP contribution in [0.5, 0.6) is 5.88 Å². The van der Waals surface area contributed by atoms with Crippen LogP contribution in [0.2, 0.25) is 0 Å². The fourth-order valence-corrected chi connectivity index (χ4v) is 3.69. The number of fused-ring (bicyclic) bond motifs is 1. The molecule has 2 saturated heterocycles. The maximum atomic E-state index is 12.9. The largest absolute Gasteiger partial charge is 0.481 e. The number of carbonyl (C=O) groups excluding carboxylic acids is 1. The first-order valence-corrected chi connectivity index (χ1v) is 8.81. The van der Waals surface area contributed by atoms with E-state index in [0.717, 1.165) is 56.6 Å². The van der Waals surface area contributed by atoms with Gasteiger partial charge in [0.2, 0.25) is 5.88 Å². The lowest BCUT2D eigenvalue weighted by Gasteiger charge is -2.37. The predicted molar refractivity (Wildman–Crippen MR) is 95.0 cm³/mol. The molecule has 1 aromatic heterocycles. The van der Waals surface area contributed by atoms with Crippen molar-refractivity contribution in [3.05, 3.63) is 36.0 Å². The van der Waals surface area contributed by atoms with Gasteiger partial charge < -0.3 is 14.4 Å². The van der Waals surface area contributed by atoms with Crippen LogP contribution < -0.4 is 4.74 Å². The normalized spacial score (nSPS) is 21.6. The first kappa shape index (κ1) is 16.3. The number of pyridine rings is 1. The highest BCUT2D eigenvalue weighted by Crippen LogP contribution is 2.25. The maximum Gasteiger partial charge on any atom is 0.272 e. The number of nitrogens with zero attached hydrogens (tertiary/aromatic N) is 3. The molecule has 1 atom stereocenters. The number of rotatable bonds is 3. The summed E-state index contributed by atoms with van der Waals surface area (Å²) in [6.07, 6.45) is 1.09. The average molecular weight is 341 g/mol. The number of hydrogen-bond acceptors (Lipinski definition) is 5. The molecule has 2 aliphatic rings. The Hall–Kier alpha value is -2.18.